The SMILES string of the molecule is CCCOc1ccc(CNC(=O)c2cc(OC)c3cc(F)cc(C)c3n2)cc1. The number of halogens is 1. The summed E-state index contributed by atoms with van der Waals surface area (Å²) >= 11 is 0. The highest BCUT2D eigenvalue weighted by molar-refractivity contribution is 5.97. The van der Waals surface area contributed by atoms with E-state index >= 15 is 0 Å². The van der Waals surface area contributed by atoms with Crippen molar-refractivity contribution in [1.82, 2.24) is 10.3 Å². The molecule has 2 aromatic carbocycles. The number of benzene rings is 2. The molecule has 5 nitrogen and oxygen atoms in total. The minimum absolute atomic E-state index is 0.224. The Morgan fingerprint density at radius 3 is 2.61 bits per heavy atom. The zero-order chi connectivity index (χ0) is 20.1. The fraction of sp³-hybridized carbons (Fsp3) is 0.273. The van der Waals surface area contributed by atoms with Crippen LogP contribution in [0.1, 0.15) is 35.0 Å². The Morgan fingerprint density at radius 1 is 1.18 bits per heavy atom. The molecule has 0 saturated heterocycles. The Labute approximate surface area is 163 Å². The van der Waals surface area contributed by atoms with E-state index in [1.54, 1.807) is 6.92 Å². The highest BCUT2D eigenvalue weighted by atomic mass is 19.1. The van der Waals surface area contributed by atoms with Crippen LogP contribution < -0.4 is 14.8 Å². The molecule has 0 radical (unpaired) electrons. The lowest BCUT2D eigenvalue weighted by molar-refractivity contribution is 0.0946. The van der Waals surface area contributed by atoms with Crippen LogP contribution in [0.15, 0.2) is 42.5 Å². The number of aryl methyl sites for hydroxylation is 1. The normalized spacial score (nSPS) is 10.7. The average Bonchev–Trinajstić information content (AvgIpc) is 2.70. The van der Waals surface area contributed by atoms with Crippen LogP contribution >= 0.6 is 0 Å². The summed E-state index contributed by atoms with van der Waals surface area (Å²) in [5.41, 5.74) is 2.36. The maximum Gasteiger partial charge on any atom is 0.270 e. The molecule has 1 amide bonds. The number of hydrogen-bond donors (Lipinski definition) is 1. The molecular formula is C22H23FN2O3. The molecule has 0 aliphatic heterocycles. The van der Waals surface area contributed by atoms with E-state index in [9.17, 15) is 9.18 Å². The minimum atomic E-state index is -0.367. The number of carbonyl (C=O) groups is 1. The third-order valence-corrected chi connectivity index (χ3v) is 4.33. The van der Waals surface area contributed by atoms with Crippen LogP contribution in [-0.4, -0.2) is 24.6 Å². The van der Waals surface area contributed by atoms with Gasteiger partial charge in [-0.2, -0.15) is 0 Å². The van der Waals surface area contributed by atoms with E-state index in [0.717, 1.165) is 17.7 Å². The van der Waals surface area contributed by atoms with E-state index < -0.39 is 0 Å². The van der Waals surface area contributed by atoms with Gasteiger partial charge in [0.05, 0.1) is 19.2 Å². The van der Waals surface area contributed by atoms with Crippen molar-refractivity contribution < 1.29 is 18.7 Å². The fourth-order valence-corrected chi connectivity index (χ4v) is 2.91. The van der Waals surface area contributed by atoms with Gasteiger partial charge < -0.3 is 14.8 Å². The number of rotatable bonds is 7. The highest BCUT2D eigenvalue weighted by Crippen LogP contribution is 2.28. The lowest BCUT2D eigenvalue weighted by atomic mass is 10.1. The first-order valence-corrected chi connectivity index (χ1v) is 9.16. The van der Waals surface area contributed by atoms with Crippen LogP contribution in [0.3, 0.4) is 0 Å². The van der Waals surface area contributed by atoms with Crippen molar-refractivity contribution in [2.45, 2.75) is 26.8 Å². The van der Waals surface area contributed by atoms with Crippen LogP contribution in [0.25, 0.3) is 10.9 Å². The number of nitrogens with zero attached hydrogens (tertiary/aromatic N) is 1. The zero-order valence-electron chi connectivity index (χ0n) is 16.2. The summed E-state index contributed by atoms with van der Waals surface area (Å²) in [7, 11) is 1.48. The number of hydrogen-bond acceptors (Lipinski definition) is 4. The summed E-state index contributed by atoms with van der Waals surface area (Å²) in [6.07, 6.45) is 0.951. The summed E-state index contributed by atoms with van der Waals surface area (Å²) in [5.74, 6) is 0.527. The molecule has 3 rings (SSSR count). The maximum atomic E-state index is 13.7. The molecule has 0 spiro atoms. The van der Waals surface area contributed by atoms with Gasteiger partial charge in [0, 0.05) is 18.0 Å². The third kappa shape index (κ3) is 4.39. The van der Waals surface area contributed by atoms with Crippen LogP contribution in [0.4, 0.5) is 4.39 Å². The predicted octanol–water partition coefficient (Wildman–Crippen LogP) is 4.41. The monoisotopic (exact) mass is 382 g/mol. The predicted molar refractivity (Wildman–Crippen MR) is 106 cm³/mol. The van der Waals surface area contributed by atoms with E-state index in [4.69, 9.17) is 9.47 Å². The molecule has 3 aromatic rings. The molecule has 1 N–H and O–H groups in total. The van der Waals surface area contributed by atoms with Crippen molar-refractivity contribution in [2.24, 2.45) is 0 Å². The largest absolute Gasteiger partial charge is 0.496 e. The van der Waals surface area contributed by atoms with E-state index in [0.29, 0.717) is 35.4 Å². The van der Waals surface area contributed by atoms with Crippen LogP contribution in [0, 0.1) is 12.7 Å². The minimum Gasteiger partial charge on any atom is -0.496 e. The number of fused-ring (bicyclic) bond motifs is 1. The van der Waals surface area contributed by atoms with Gasteiger partial charge in [-0.1, -0.05) is 19.1 Å². The topological polar surface area (TPSA) is 60.5 Å². The molecule has 1 aromatic heterocycles. The Bertz CT molecular complexity index is 987. The number of carbonyl (C=O) groups excluding carboxylic acids is 1. The van der Waals surface area contributed by atoms with Crippen LogP contribution in [0.5, 0.6) is 11.5 Å². The zero-order valence-corrected chi connectivity index (χ0v) is 16.2. The molecule has 0 aliphatic carbocycles. The van der Waals surface area contributed by atoms with Crippen molar-refractivity contribution in [3.63, 3.8) is 0 Å². The van der Waals surface area contributed by atoms with Crippen molar-refractivity contribution in [1.29, 1.82) is 0 Å². The summed E-state index contributed by atoms with van der Waals surface area (Å²) in [6, 6.07) is 11.9. The van der Waals surface area contributed by atoms with Gasteiger partial charge in [0.1, 0.15) is 23.0 Å². The number of aromatic nitrogens is 1. The second kappa shape index (κ2) is 8.69. The third-order valence-electron chi connectivity index (χ3n) is 4.33. The molecule has 0 bridgehead atoms. The Morgan fingerprint density at radius 2 is 1.93 bits per heavy atom. The van der Waals surface area contributed by atoms with Crippen LogP contribution in [0.2, 0.25) is 0 Å². The second-order valence-electron chi connectivity index (χ2n) is 6.50. The van der Waals surface area contributed by atoms with Gasteiger partial charge in [-0.25, -0.2) is 9.37 Å². The molecule has 0 aliphatic rings. The number of ether oxygens (including phenoxy) is 2. The van der Waals surface area contributed by atoms with Gasteiger partial charge in [-0.15, -0.1) is 0 Å². The Balaban J connectivity index is 1.76. The van der Waals surface area contributed by atoms with Crippen molar-refractivity contribution in [3.8, 4) is 11.5 Å². The van der Waals surface area contributed by atoms with E-state index in [2.05, 4.69) is 17.2 Å². The van der Waals surface area contributed by atoms with Gasteiger partial charge in [-0.05, 0) is 48.7 Å². The summed E-state index contributed by atoms with van der Waals surface area (Å²) in [5, 5.41) is 3.39. The first-order valence-electron chi connectivity index (χ1n) is 9.16. The number of pyridine rings is 1. The molecule has 146 valence electrons. The number of nitrogens with one attached hydrogen (secondary N) is 1. The quantitative estimate of drug-likeness (QED) is 0.658. The van der Waals surface area contributed by atoms with Gasteiger partial charge in [0.15, 0.2) is 0 Å². The summed E-state index contributed by atoms with van der Waals surface area (Å²) in [4.78, 5) is 17.0. The Hall–Kier alpha value is -3.15. The number of amides is 1. The molecule has 28 heavy (non-hydrogen) atoms. The highest BCUT2D eigenvalue weighted by Gasteiger charge is 2.15. The first-order chi connectivity index (χ1) is 13.5. The molecule has 0 atom stereocenters. The molecule has 6 heteroatoms. The standard InChI is InChI=1S/C22H23FN2O3/c1-4-9-28-17-7-5-15(6-8-17)13-24-22(26)19-12-20(27-3)18-11-16(23)10-14(2)21(18)25-19/h5-8,10-12H,4,9,13H2,1-3H3,(H,24,26). The average molecular weight is 382 g/mol. The Kier molecular flexibility index (Phi) is 6.09. The second-order valence-corrected chi connectivity index (χ2v) is 6.50. The molecule has 0 unspecified atom stereocenters. The van der Waals surface area contributed by atoms with Crippen LogP contribution in [-0.2, 0) is 6.54 Å². The van der Waals surface area contributed by atoms with E-state index in [1.165, 1.54) is 25.3 Å². The van der Waals surface area contributed by atoms with Crippen molar-refractivity contribution in [2.75, 3.05) is 13.7 Å². The molecule has 1 heterocycles. The fourth-order valence-electron chi connectivity index (χ4n) is 2.91. The van der Waals surface area contributed by atoms with Crippen molar-refractivity contribution in [3.05, 3.63) is 65.1 Å². The van der Waals surface area contributed by atoms with Crippen molar-refractivity contribution >= 4 is 16.8 Å². The molecular weight excluding hydrogens is 359 g/mol. The summed E-state index contributed by atoms with van der Waals surface area (Å²) < 4.78 is 24.6. The van der Waals surface area contributed by atoms with E-state index in [1.807, 2.05) is 24.3 Å². The summed E-state index contributed by atoms with van der Waals surface area (Å²) in [6.45, 7) is 4.84. The lowest BCUT2D eigenvalue weighted by Gasteiger charge is -2.11. The van der Waals surface area contributed by atoms with Gasteiger partial charge >= 0.3 is 0 Å². The van der Waals surface area contributed by atoms with Gasteiger partial charge in [0.25, 0.3) is 5.91 Å². The first kappa shape index (κ1) is 19.6. The molecule has 0 fully saturated rings. The maximum absolute atomic E-state index is 13.7. The lowest BCUT2D eigenvalue weighted by Crippen LogP contribution is -2.24. The smallest absolute Gasteiger partial charge is 0.270 e. The molecule has 0 saturated carbocycles. The number of methoxy groups -OCH3 is 1. The van der Waals surface area contributed by atoms with Gasteiger partial charge in [-0.3, -0.25) is 4.79 Å². The van der Waals surface area contributed by atoms with Gasteiger partial charge in [0.2, 0.25) is 0 Å². The van der Waals surface area contributed by atoms with E-state index in [-0.39, 0.29) is 17.4 Å².